The number of nitrogens with zero attached hydrogens (tertiary/aromatic N) is 1. The number of rotatable bonds is 4. The molecule has 0 amide bonds. The third-order valence-corrected chi connectivity index (χ3v) is 2.71. The summed E-state index contributed by atoms with van der Waals surface area (Å²) in [7, 11) is 1.84. The van der Waals surface area contributed by atoms with E-state index in [9.17, 15) is 4.39 Å². The van der Waals surface area contributed by atoms with E-state index in [4.69, 9.17) is 5.11 Å². The van der Waals surface area contributed by atoms with E-state index in [1.54, 1.807) is 6.07 Å². The van der Waals surface area contributed by atoms with Crippen LogP contribution in [0.3, 0.4) is 0 Å². The Labute approximate surface area is 91.5 Å². The van der Waals surface area contributed by atoms with Crippen LogP contribution in [0.25, 0.3) is 0 Å². The van der Waals surface area contributed by atoms with Crippen molar-refractivity contribution in [3.8, 4) is 0 Å². The first-order chi connectivity index (χ1) is 6.65. The molecule has 4 heteroatoms. The first kappa shape index (κ1) is 11.6. The molecule has 0 bridgehead atoms. The Morgan fingerprint density at radius 2 is 2.21 bits per heavy atom. The molecule has 0 saturated heterocycles. The van der Waals surface area contributed by atoms with Crippen LogP contribution < -0.4 is 0 Å². The van der Waals surface area contributed by atoms with Crippen LogP contribution in [-0.4, -0.2) is 30.2 Å². The highest BCUT2D eigenvalue weighted by atomic mass is 79.9. The third-order valence-electron chi connectivity index (χ3n) is 1.97. The van der Waals surface area contributed by atoms with E-state index >= 15 is 0 Å². The third kappa shape index (κ3) is 3.04. The Morgan fingerprint density at radius 3 is 2.79 bits per heavy atom. The van der Waals surface area contributed by atoms with Crippen LogP contribution >= 0.6 is 15.9 Å². The Bertz CT molecular complexity index is 286. The molecule has 0 radical (unpaired) electrons. The van der Waals surface area contributed by atoms with Crippen molar-refractivity contribution in [3.05, 3.63) is 34.1 Å². The predicted octanol–water partition coefficient (Wildman–Crippen LogP) is 2.01. The van der Waals surface area contributed by atoms with E-state index in [0.29, 0.717) is 18.7 Å². The number of benzene rings is 1. The molecule has 0 saturated carbocycles. The maximum atomic E-state index is 13.3. The van der Waals surface area contributed by atoms with Crippen molar-refractivity contribution in [1.29, 1.82) is 0 Å². The van der Waals surface area contributed by atoms with E-state index in [1.807, 2.05) is 18.0 Å². The minimum Gasteiger partial charge on any atom is -0.395 e. The predicted molar refractivity (Wildman–Crippen MR) is 57.5 cm³/mol. The van der Waals surface area contributed by atoms with Gasteiger partial charge in [0.15, 0.2) is 0 Å². The van der Waals surface area contributed by atoms with Crippen LogP contribution in [0.1, 0.15) is 5.56 Å². The molecular weight excluding hydrogens is 249 g/mol. The highest BCUT2D eigenvalue weighted by molar-refractivity contribution is 9.10. The first-order valence-corrected chi connectivity index (χ1v) is 5.16. The lowest BCUT2D eigenvalue weighted by Gasteiger charge is -2.16. The molecule has 0 spiro atoms. The van der Waals surface area contributed by atoms with Crippen molar-refractivity contribution in [2.75, 3.05) is 20.2 Å². The SMILES string of the molecule is CN(CCO)Cc1c(F)cccc1Br. The summed E-state index contributed by atoms with van der Waals surface area (Å²) in [6, 6.07) is 4.91. The summed E-state index contributed by atoms with van der Waals surface area (Å²) in [5.74, 6) is -0.218. The molecular formula is C10H13BrFNO. The van der Waals surface area contributed by atoms with E-state index in [2.05, 4.69) is 15.9 Å². The fourth-order valence-corrected chi connectivity index (χ4v) is 1.67. The summed E-state index contributed by atoms with van der Waals surface area (Å²) < 4.78 is 14.1. The lowest BCUT2D eigenvalue weighted by atomic mass is 10.2. The fourth-order valence-electron chi connectivity index (χ4n) is 1.20. The van der Waals surface area contributed by atoms with E-state index < -0.39 is 0 Å². The van der Waals surface area contributed by atoms with Gasteiger partial charge in [-0.2, -0.15) is 0 Å². The van der Waals surface area contributed by atoms with Gasteiger partial charge in [0.05, 0.1) is 6.61 Å². The summed E-state index contributed by atoms with van der Waals surface area (Å²) in [6.07, 6.45) is 0. The zero-order chi connectivity index (χ0) is 10.6. The molecule has 0 aliphatic carbocycles. The summed E-state index contributed by atoms with van der Waals surface area (Å²) in [6.45, 7) is 1.12. The van der Waals surface area contributed by atoms with Crippen molar-refractivity contribution < 1.29 is 9.50 Å². The molecule has 0 unspecified atom stereocenters. The maximum absolute atomic E-state index is 13.3. The number of aliphatic hydroxyl groups excluding tert-OH is 1. The normalized spacial score (nSPS) is 10.9. The zero-order valence-electron chi connectivity index (χ0n) is 8.00. The second-order valence-electron chi connectivity index (χ2n) is 3.16. The molecule has 0 aliphatic rings. The van der Waals surface area contributed by atoms with Gasteiger partial charge in [-0.3, -0.25) is 4.90 Å². The lowest BCUT2D eigenvalue weighted by Crippen LogP contribution is -2.22. The second kappa shape index (κ2) is 5.44. The average Bonchev–Trinajstić information content (AvgIpc) is 2.12. The van der Waals surface area contributed by atoms with Gasteiger partial charge in [0.2, 0.25) is 0 Å². The zero-order valence-corrected chi connectivity index (χ0v) is 9.59. The quantitative estimate of drug-likeness (QED) is 0.897. The van der Waals surface area contributed by atoms with E-state index in [-0.39, 0.29) is 12.4 Å². The monoisotopic (exact) mass is 261 g/mol. The van der Waals surface area contributed by atoms with Gasteiger partial charge in [0, 0.05) is 23.1 Å². The van der Waals surface area contributed by atoms with Crippen LogP contribution in [0.2, 0.25) is 0 Å². The van der Waals surface area contributed by atoms with Gasteiger partial charge in [-0.15, -0.1) is 0 Å². The molecule has 0 heterocycles. The minimum atomic E-state index is -0.218. The fraction of sp³-hybridized carbons (Fsp3) is 0.400. The van der Waals surface area contributed by atoms with Gasteiger partial charge in [-0.25, -0.2) is 4.39 Å². The summed E-state index contributed by atoms with van der Waals surface area (Å²) in [4.78, 5) is 1.86. The molecule has 2 nitrogen and oxygen atoms in total. The smallest absolute Gasteiger partial charge is 0.128 e. The molecule has 0 aliphatic heterocycles. The van der Waals surface area contributed by atoms with Crippen molar-refractivity contribution >= 4 is 15.9 Å². The van der Waals surface area contributed by atoms with Crippen LogP contribution in [-0.2, 0) is 6.54 Å². The Hall–Kier alpha value is -0.450. The van der Waals surface area contributed by atoms with Crippen molar-refractivity contribution in [1.82, 2.24) is 4.90 Å². The molecule has 1 aromatic carbocycles. The van der Waals surface area contributed by atoms with E-state index in [1.165, 1.54) is 6.07 Å². The van der Waals surface area contributed by atoms with Crippen LogP contribution in [0, 0.1) is 5.82 Å². The minimum absolute atomic E-state index is 0.0859. The molecule has 78 valence electrons. The molecule has 0 fully saturated rings. The highest BCUT2D eigenvalue weighted by Gasteiger charge is 2.08. The van der Waals surface area contributed by atoms with Crippen molar-refractivity contribution in [3.63, 3.8) is 0 Å². The highest BCUT2D eigenvalue weighted by Crippen LogP contribution is 2.20. The van der Waals surface area contributed by atoms with Gasteiger partial charge in [-0.1, -0.05) is 22.0 Å². The van der Waals surface area contributed by atoms with Gasteiger partial charge in [0.1, 0.15) is 5.82 Å². The Kier molecular flexibility index (Phi) is 4.51. The number of halogens is 2. The summed E-state index contributed by atoms with van der Waals surface area (Å²) >= 11 is 3.30. The average molecular weight is 262 g/mol. The summed E-state index contributed by atoms with van der Waals surface area (Å²) in [5, 5.41) is 8.71. The van der Waals surface area contributed by atoms with E-state index in [0.717, 1.165) is 4.47 Å². The van der Waals surface area contributed by atoms with Crippen molar-refractivity contribution in [2.24, 2.45) is 0 Å². The molecule has 0 atom stereocenters. The Morgan fingerprint density at radius 1 is 1.50 bits per heavy atom. The number of hydrogen-bond donors (Lipinski definition) is 1. The van der Waals surface area contributed by atoms with Gasteiger partial charge in [-0.05, 0) is 19.2 Å². The standard InChI is InChI=1S/C10H13BrFNO/c1-13(5-6-14)7-8-9(11)3-2-4-10(8)12/h2-4,14H,5-7H2,1H3. The molecule has 0 aromatic heterocycles. The van der Waals surface area contributed by atoms with Crippen LogP contribution in [0.4, 0.5) is 4.39 Å². The summed E-state index contributed by atoms with van der Waals surface area (Å²) in [5.41, 5.74) is 0.628. The van der Waals surface area contributed by atoms with Gasteiger partial charge >= 0.3 is 0 Å². The largest absolute Gasteiger partial charge is 0.395 e. The van der Waals surface area contributed by atoms with Gasteiger partial charge < -0.3 is 5.11 Å². The first-order valence-electron chi connectivity index (χ1n) is 4.37. The molecule has 1 rings (SSSR count). The van der Waals surface area contributed by atoms with Crippen LogP contribution in [0.5, 0.6) is 0 Å². The van der Waals surface area contributed by atoms with Gasteiger partial charge in [0.25, 0.3) is 0 Å². The maximum Gasteiger partial charge on any atom is 0.128 e. The lowest BCUT2D eigenvalue weighted by molar-refractivity contribution is 0.215. The number of hydrogen-bond acceptors (Lipinski definition) is 2. The number of aliphatic hydroxyl groups is 1. The molecule has 14 heavy (non-hydrogen) atoms. The molecule has 1 N–H and O–H groups in total. The van der Waals surface area contributed by atoms with Crippen LogP contribution in [0.15, 0.2) is 22.7 Å². The Balaban J connectivity index is 2.75. The van der Waals surface area contributed by atoms with Crippen molar-refractivity contribution in [2.45, 2.75) is 6.54 Å². The number of likely N-dealkylation sites (N-methyl/N-ethyl adjacent to an activating group) is 1. The topological polar surface area (TPSA) is 23.5 Å². The second-order valence-corrected chi connectivity index (χ2v) is 4.02. The molecule has 1 aromatic rings.